The summed E-state index contributed by atoms with van der Waals surface area (Å²) in [5, 5.41) is 0.122. The lowest BCUT2D eigenvalue weighted by molar-refractivity contribution is 0.593. The molecule has 0 bridgehead atoms. The third-order valence-corrected chi connectivity index (χ3v) is 3.96. The fourth-order valence-electron chi connectivity index (χ4n) is 1.18. The summed E-state index contributed by atoms with van der Waals surface area (Å²) >= 11 is 0. The number of nitrogens with zero attached hydrogens (tertiary/aromatic N) is 1. The van der Waals surface area contributed by atoms with E-state index in [2.05, 4.69) is 4.98 Å². The predicted octanol–water partition coefficient (Wildman–Crippen LogP) is 1.29. The van der Waals surface area contributed by atoms with Crippen LogP contribution >= 0.6 is 0 Å². The van der Waals surface area contributed by atoms with Gasteiger partial charge in [-0.3, -0.25) is 0 Å². The van der Waals surface area contributed by atoms with Gasteiger partial charge < -0.3 is 5.73 Å². The number of pyridine rings is 1. The number of hydrogen-bond donors (Lipinski definition) is 1. The number of hydrogen-bond acceptors (Lipinski definition) is 4. The second-order valence-electron chi connectivity index (χ2n) is 3.35. The topological polar surface area (TPSA) is 73.1 Å². The van der Waals surface area contributed by atoms with Crippen LogP contribution < -0.4 is 5.73 Å². The summed E-state index contributed by atoms with van der Waals surface area (Å²) in [7, 11) is -3.20. The molecule has 2 N–H and O–H groups in total. The van der Waals surface area contributed by atoms with Crippen LogP contribution in [0.2, 0.25) is 0 Å². The quantitative estimate of drug-likeness (QED) is 0.842. The lowest BCUT2D eigenvalue weighted by atomic mass is 10.1. The molecule has 15 heavy (non-hydrogen) atoms. The Morgan fingerprint density at radius 1 is 1.40 bits per heavy atom. The van der Waals surface area contributed by atoms with Gasteiger partial charge in [0.1, 0.15) is 0 Å². The molecule has 0 amide bonds. The molecule has 1 aromatic heterocycles. The number of aromatic nitrogens is 1. The van der Waals surface area contributed by atoms with Gasteiger partial charge in [0.25, 0.3) is 0 Å². The maximum Gasteiger partial charge on any atom is 0.195 e. The van der Waals surface area contributed by atoms with E-state index in [9.17, 15) is 8.42 Å². The van der Waals surface area contributed by atoms with Crippen LogP contribution in [0.25, 0.3) is 0 Å². The van der Waals surface area contributed by atoms with Gasteiger partial charge >= 0.3 is 0 Å². The van der Waals surface area contributed by atoms with Gasteiger partial charge in [-0.2, -0.15) is 0 Å². The van der Waals surface area contributed by atoms with Gasteiger partial charge in [0.2, 0.25) is 0 Å². The van der Waals surface area contributed by atoms with E-state index in [-0.39, 0.29) is 16.8 Å². The minimum atomic E-state index is -3.20. The molecule has 0 unspecified atom stereocenters. The number of rotatable bonds is 4. The Bertz CT molecular complexity index is 412. The van der Waals surface area contributed by atoms with Crippen LogP contribution in [0.3, 0.4) is 0 Å². The minimum Gasteiger partial charge on any atom is -0.324 e. The highest BCUT2D eigenvalue weighted by molar-refractivity contribution is 7.91. The Hall–Kier alpha value is -0.940. The first-order chi connectivity index (χ1) is 7.01. The molecule has 0 aliphatic carbocycles. The smallest absolute Gasteiger partial charge is 0.195 e. The summed E-state index contributed by atoms with van der Waals surface area (Å²) in [5.74, 6) is 0.0686. The van der Waals surface area contributed by atoms with Crippen molar-refractivity contribution < 1.29 is 8.42 Å². The molecule has 0 saturated heterocycles. The standard InChI is InChI=1S/C10H16N2O2S/c1-3-9(11)8-5-6-10(12-7-8)15(13,14)4-2/h5-7,9H,3-4,11H2,1-2H3/t9-/m0/s1. The largest absolute Gasteiger partial charge is 0.324 e. The summed E-state index contributed by atoms with van der Waals surface area (Å²) in [6.07, 6.45) is 2.35. The zero-order valence-electron chi connectivity index (χ0n) is 8.97. The maximum absolute atomic E-state index is 11.5. The van der Waals surface area contributed by atoms with Gasteiger partial charge in [-0.25, -0.2) is 13.4 Å². The van der Waals surface area contributed by atoms with E-state index in [0.717, 1.165) is 12.0 Å². The second-order valence-corrected chi connectivity index (χ2v) is 5.57. The first-order valence-electron chi connectivity index (χ1n) is 4.95. The third-order valence-electron chi connectivity index (χ3n) is 2.33. The molecular formula is C10H16N2O2S. The molecule has 4 nitrogen and oxygen atoms in total. The lowest BCUT2D eigenvalue weighted by Gasteiger charge is -2.08. The zero-order valence-corrected chi connectivity index (χ0v) is 9.79. The number of sulfone groups is 1. The molecule has 1 rings (SSSR count). The lowest BCUT2D eigenvalue weighted by Crippen LogP contribution is -2.11. The first kappa shape index (κ1) is 12.1. The summed E-state index contributed by atoms with van der Waals surface area (Å²) in [4.78, 5) is 3.92. The van der Waals surface area contributed by atoms with Crippen molar-refractivity contribution in [1.29, 1.82) is 0 Å². The molecule has 1 aromatic rings. The fraction of sp³-hybridized carbons (Fsp3) is 0.500. The highest BCUT2D eigenvalue weighted by Crippen LogP contribution is 2.14. The van der Waals surface area contributed by atoms with Gasteiger partial charge in [0.05, 0.1) is 5.75 Å². The normalized spacial score (nSPS) is 13.8. The summed E-state index contributed by atoms with van der Waals surface area (Å²) in [6.45, 7) is 3.57. The molecule has 0 radical (unpaired) electrons. The summed E-state index contributed by atoms with van der Waals surface area (Å²) in [5.41, 5.74) is 6.66. The molecule has 0 saturated carbocycles. The Morgan fingerprint density at radius 2 is 2.07 bits per heavy atom. The maximum atomic E-state index is 11.5. The van der Waals surface area contributed by atoms with Crippen molar-refractivity contribution in [2.75, 3.05) is 5.75 Å². The Morgan fingerprint density at radius 3 is 2.47 bits per heavy atom. The molecule has 5 heteroatoms. The van der Waals surface area contributed by atoms with Crippen molar-refractivity contribution in [3.05, 3.63) is 23.9 Å². The average Bonchev–Trinajstić information content (AvgIpc) is 2.28. The van der Waals surface area contributed by atoms with E-state index >= 15 is 0 Å². The van der Waals surface area contributed by atoms with Crippen LogP contribution in [0, 0.1) is 0 Å². The first-order valence-corrected chi connectivity index (χ1v) is 6.60. The van der Waals surface area contributed by atoms with Gasteiger partial charge in [-0.15, -0.1) is 0 Å². The Balaban J connectivity index is 3.00. The van der Waals surface area contributed by atoms with Crippen molar-refractivity contribution >= 4 is 9.84 Å². The van der Waals surface area contributed by atoms with Crippen LogP contribution in [0.1, 0.15) is 31.9 Å². The Kier molecular flexibility index (Phi) is 3.82. The van der Waals surface area contributed by atoms with Gasteiger partial charge in [0, 0.05) is 12.2 Å². The van der Waals surface area contributed by atoms with E-state index in [0.29, 0.717) is 0 Å². The molecule has 0 aliphatic heterocycles. The predicted molar refractivity (Wildman–Crippen MR) is 59.2 cm³/mol. The molecule has 1 heterocycles. The van der Waals surface area contributed by atoms with Crippen LogP contribution in [0.5, 0.6) is 0 Å². The van der Waals surface area contributed by atoms with Gasteiger partial charge in [-0.1, -0.05) is 19.9 Å². The number of nitrogens with two attached hydrogens (primary N) is 1. The van der Waals surface area contributed by atoms with E-state index in [1.54, 1.807) is 13.0 Å². The molecule has 0 spiro atoms. The average molecular weight is 228 g/mol. The van der Waals surface area contributed by atoms with Crippen molar-refractivity contribution in [3.63, 3.8) is 0 Å². The summed E-state index contributed by atoms with van der Waals surface area (Å²) in [6, 6.07) is 3.17. The minimum absolute atomic E-state index is 0.0686. The van der Waals surface area contributed by atoms with Crippen LogP contribution in [-0.4, -0.2) is 19.2 Å². The van der Waals surface area contributed by atoms with Crippen molar-refractivity contribution in [2.24, 2.45) is 5.73 Å². The molecule has 1 atom stereocenters. The van der Waals surface area contributed by atoms with Crippen LogP contribution in [-0.2, 0) is 9.84 Å². The molecule has 0 aliphatic rings. The molecule has 0 fully saturated rings. The molecular weight excluding hydrogens is 212 g/mol. The van der Waals surface area contributed by atoms with E-state index in [1.807, 2.05) is 6.92 Å². The SMILES string of the molecule is CC[C@H](N)c1ccc(S(=O)(=O)CC)nc1. The monoisotopic (exact) mass is 228 g/mol. The van der Waals surface area contributed by atoms with E-state index in [1.165, 1.54) is 12.3 Å². The van der Waals surface area contributed by atoms with Crippen molar-refractivity contribution in [1.82, 2.24) is 4.98 Å². The fourth-order valence-corrected chi connectivity index (χ4v) is 1.96. The second kappa shape index (κ2) is 4.72. The van der Waals surface area contributed by atoms with Gasteiger partial charge in [-0.05, 0) is 18.1 Å². The molecule has 84 valence electrons. The van der Waals surface area contributed by atoms with Crippen LogP contribution in [0.4, 0.5) is 0 Å². The molecule has 0 aromatic carbocycles. The Labute approximate surface area is 90.4 Å². The third kappa shape index (κ3) is 2.76. The summed E-state index contributed by atoms with van der Waals surface area (Å²) < 4.78 is 22.9. The van der Waals surface area contributed by atoms with Crippen LogP contribution in [0.15, 0.2) is 23.4 Å². The van der Waals surface area contributed by atoms with E-state index in [4.69, 9.17) is 5.73 Å². The van der Waals surface area contributed by atoms with E-state index < -0.39 is 9.84 Å². The van der Waals surface area contributed by atoms with Crippen molar-refractivity contribution in [2.45, 2.75) is 31.3 Å². The van der Waals surface area contributed by atoms with Gasteiger partial charge in [0.15, 0.2) is 14.9 Å². The zero-order chi connectivity index (χ0) is 11.5. The highest BCUT2D eigenvalue weighted by atomic mass is 32.2. The highest BCUT2D eigenvalue weighted by Gasteiger charge is 2.13. The van der Waals surface area contributed by atoms with Crippen molar-refractivity contribution in [3.8, 4) is 0 Å².